The number of ether oxygens (including phenoxy) is 1. The summed E-state index contributed by atoms with van der Waals surface area (Å²) in [4.78, 5) is 12.7. The van der Waals surface area contributed by atoms with Crippen LogP contribution in [0.25, 0.3) is 0 Å². The molecule has 0 saturated carbocycles. The Morgan fingerprint density at radius 2 is 2.19 bits per heavy atom. The predicted molar refractivity (Wildman–Crippen MR) is 82.5 cm³/mol. The molecular weight excluding hydrogens is 266 g/mol. The second kappa shape index (κ2) is 8.24. The molecule has 0 atom stereocenters. The monoisotopic (exact) mass is 289 g/mol. The summed E-state index contributed by atoms with van der Waals surface area (Å²) >= 11 is 0. The van der Waals surface area contributed by atoms with E-state index in [4.69, 9.17) is 4.74 Å². The Morgan fingerprint density at radius 1 is 1.29 bits per heavy atom. The van der Waals surface area contributed by atoms with E-state index in [-0.39, 0.29) is 0 Å². The zero-order valence-corrected chi connectivity index (χ0v) is 12.7. The van der Waals surface area contributed by atoms with Crippen molar-refractivity contribution >= 4 is 5.82 Å². The lowest BCUT2D eigenvalue weighted by atomic mass is 10.4. The van der Waals surface area contributed by atoms with Gasteiger partial charge in [0.15, 0.2) is 0 Å². The number of aromatic nitrogens is 4. The van der Waals surface area contributed by atoms with Crippen molar-refractivity contribution in [3.05, 3.63) is 30.6 Å². The largest absolute Gasteiger partial charge is 0.478 e. The summed E-state index contributed by atoms with van der Waals surface area (Å²) in [5.41, 5.74) is 0. The van der Waals surface area contributed by atoms with Crippen molar-refractivity contribution in [3.8, 4) is 5.88 Å². The van der Waals surface area contributed by atoms with Gasteiger partial charge < -0.3 is 14.6 Å². The molecule has 6 heteroatoms. The Balaban J connectivity index is 1.78. The normalized spacial score (nSPS) is 10.6. The first-order valence-corrected chi connectivity index (χ1v) is 7.46. The molecule has 1 N–H and O–H groups in total. The predicted octanol–water partition coefficient (Wildman–Crippen LogP) is 2.66. The highest BCUT2D eigenvalue weighted by atomic mass is 16.5. The van der Waals surface area contributed by atoms with Gasteiger partial charge in [0.05, 0.1) is 12.9 Å². The van der Waals surface area contributed by atoms with Crippen molar-refractivity contribution in [1.82, 2.24) is 19.5 Å². The number of hydrogen-bond acceptors (Lipinski definition) is 5. The first-order valence-electron chi connectivity index (χ1n) is 7.46. The van der Waals surface area contributed by atoms with E-state index in [1.807, 2.05) is 25.5 Å². The van der Waals surface area contributed by atoms with Gasteiger partial charge in [0, 0.05) is 31.5 Å². The first-order chi connectivity index (χ1) is 10.3. The fourth-order valence-electron chi connectivity index (χ4n) is 1.92. The molecular formula is C15H23N5O. The molecule has 0 aliphatic rings. The average Bonchev–Trinajstić information content (AvgIpc) is 2.97. The molecule has 114 valence electrons. The number of anilines is 1. The number of nitrogens with one attached hydrogen (secondary N) is 1. The van der Waals surface area contributed by atoms with Crippen LogP contribution in [0.3, 0.4) is 0 Å². The quantitative estimate of drug-likeness (QED) is 0.719. The minimum atomic E-state index is 0.646. The number of hydrogen-bond donors (Lipinski definition) is 1. The summed E-state index contributed by atoms with van der Waals surface area (Å²) in [6.07, 6.45) is 8.75. The fourth-order valence-corrected chi connectivity index (χ4v) is 1.92. The van der Waals surface area contributed by atoms with Crippen LogP contribution >= 0.6 is 0 Å². The zero-order chi connectivity index (χ0) is 14.9. The zero-order valence-electron chi connectivity index (χ0n) is 12.7. The Bertz CT molecular complexity index is 527. The smallest absolute Gasteiger partial charge is 0.218 e. The fraction of sp³-hybridized carbons (Fsp3) is 0.533. The van der Waals surface area contributed by atoms with Crippen molar-refractivity contribution in [2.24, 2.45) is 0 Å². The number of nitrogens with zero attached hydrogens (tertiary/aromatic N) is 4. The third-order valence-corrected chi connectivity index (χ3v) is 3.02. The minimum absolute atomic E-state index is 0.646. The maximum atomic E-state index is 5.63. The lowest BCUT2D eigenvalue weighted by Crippen LogP contribution is -2.09. The Morgan fingerprint density at radius 3 is 2.95 bits per heavy atom. The van der Waals surface area contributed by atoms with Crippen molar-refractivity contribution in [2.75, 3.05) is 18.5 Å². The molecule has 2 rings (SSSR count). The lowest BCUT2D eigenvalue weighted by molar-refractivity contribution is 0.296. The molecule has 0 aliphatic heterocycles. The van der Waals surface area contributed by atoms with Crippen molar-refractivity contribution < 1.29 is 4.74 Å². The van der Waals surface area contributed by atoms with Gasteiger partial charge in [-0.05, 0) is 19.8 Å². The molecule has 0 bridgehead atoms. The summed E-state index contributed by atoms with van der Waals surface area (Å²) in [5.74, 6) is 2.19. The summed E-state index contributed by atoms with van der Waals surface area (Å²) in [7, 11) is 0. The molecule has 0 spiro atoms. The van der Waals surface area contributed by atoms with Crippen LogP contribution in [-0.4, -0.2) is 32.7 Å². The van der Waals surface area contributed by atoms with Gasteiger partial charge in [-0.15, -0.1) is 0 Å². The van der Waals surface area contributed by atoms with Gasteiger partial charge in [0.1, 0.15) is 11.6 Å². The topological polar surface area (TPSA) is 64.9 Å². The number of unbranched alkanes of at least 4 members (excludes halogenated alkanes) is 1. The highest BCUT2D eigenvalue weighted by Gasteiger charge is 2.02. The van der Waals surface area contributed by atoms with E-state index in [0.29, 0.717) is 12.5 Å². The molecule has 0 fully saturated rings. The molecule has 2 aromatic heterocycles. The SMILES string of the molecule is CCCCOc1cc(NCCCn2ccnc2)nc(C)n1. The van der Waals surface area contributed by atoms with Gasteiger partial charge in [-0.1, -0.05) is 13.3 Å². The molecule has 0 aromatic carbocycles. The Kier molecular flexibility index (Phi) is 5.99. The van der Waals surface area contributed by atoms with E-state index >= 15 is 0 Å². The number of imidazole rings is 1. The number of rotatable bonds is 9. The maximum Gasteiger partial charge on any atom is 0.218 e. The molecule has 21 heavy (non-hydrogen) atoms. The van der Waals surface area contributed by atoms with E-state index in [0.717, 1.165) is 44.0 Å². The molecule has 2 aromatic rings. The Hall–Kier alpha value is -2.11. The highest BCUT2D eigenvalue weighted by molar-refractivity contribution is 5.38. The minimum Gasteiger partial charge on any atom is -0.478 e. The van der Waals surface area contributed by atoms with Gasteiger partial charge in [0.2, 0.25) is 5.88 Å². The molecule has 6 nitrogen and oxygen atoms in total. The maximum absolute atomic E-state index is 5.63. The van der Waals surface area contributed by atoms with Gasteiger partial charge in [0.25, 0.3) is 0 Å². The second-order valence-electron chi connectivity index (χ2n) is 4.92. The van der Waals surface area contributed by atoms with Gasteiger partial charge in [-0.2, -0.15) is 4.98 Å². The van der Waals surface area contributed by atoms with Crippen molar-refractivity contribution in [3.63, 3.8) is 0 Å². The van der Waals surface area contributed by atoms with Crippen LogP contribution in [0.4, 0.5) is 5.82 Å². The van der Waals surface area contributed by atoms with Crippen LogP contribution in [0.15, 0.2) is 24.8 Å². The molecule has 0 unspecified atom stereocenters. The molecule has 0 aliphatic carbocycles. The average molecular weight is 289 g/mol. The molecule has 0 radical (unpaired) electrons. The summed E-state index contributed by atoms with van der Waals surface area (Å²) < 4.78 is 7.69. The van der Waals surface area contributed by atoms with Gasteiger partial charge in [-0.3, -0.25) is 0 Å². The molecule has 0 saturated heterocycles. The van der Waals surface area contributed by atoms with Crippen LogP contribution < -0.4 is 10.1 Å². The van der Waals surface area contributed by atoms with E-state index in [9.17, 15) is 0 Å². The third kappa shape index (κ3) is 5.41. The van der Waals surface area contributed by atoms with Crippen molar-refractivity contribution in [1.29, 1.82) is 0 Å². The van der Waals surface area contributed by atoms with E-state index in [1.165, 1.54) is 0 Å². The van der Waals surface area contributed by atoms with E-state index in [2.05, 4.69) is 31.8 Å². The van der Waals surface area contributed by atoms with Gasteiger partial charge >= 0.3 is 0 Å². The standard InChI is InChI=1S/C15H23N5O/c1-3-4-10-21-15-11-14(18-13(2)19-15)17-6-5-8-20-9-7-16-12-20/h7,9,11-12H,3-6,8,10H2,1-2H3,(H,17,18,19). The van der Waals surface area contributed by atoms with E-state index in [1.54, 1.807) is 6.20 Å². The molecule has 0 amide bonds. The van der Waals surface area contributed by atoms with Crippen LogP contribution in [0.2, 0.25) is 0 Å². The third-order valence-electron chi connectivity index (χ3n) is 3.02. The lowest BCUT2D eigenvalue weighted by Gasteiger charge is -2.09. The van der Waals surface area contributed by atoms with Crippen LogP contribution in [-0.2, 0) is 6.54 Å². The second-order valence-corrected chi connectivity index (χ2v) is 4.92. The summed E-state index contributed by atoms with van der Waals surface area (Å²) in [6, 6.07) is 1.86. The van der Waals surface area contributed by atoms with Gasteiger partial charge in [-0.25, -0.2) is 9.97 Å². The first kappa shape index (κ1) is 15.3. The van der Waals surface area contributed by atoms with Crippen LogP contribution in [0.1, 0.15) is 32.0 Å². The molecule has 2 heterocycles. The summed E-state index contributed by atoms with van der Waals surface area (Å²) in [5, 5.41) is 3.31. The Labute approximate surface area is 125 Å². The number of aryl methyl sites for hydroxylation is 2. The van der Waals surface area contributed by atoms with Crippen molar-refractivity contribution in [2.45, 2.75) is 39.7 Å². The van der Waals surface area contributed by atoms with E-state index < -0.39 is 0 Å². The van der Waals surface area contributed by atoms with Crippen LogP contribution in [0, 0.1) is 6.92 Å². The highest BCUT2D eigenvalue weighted by Crippen LogP contribution is 2.13. The summed E-state index contributed by atoms with van der Waals surface area (Å²) in [6.45, 7) is 6.51. The van der Waals surface area contributed by atoms with Crippen LogP contribution in [0.5, 0.6) is 5.88 Å².